The van der Waals surface area contributed by atoms with Crippen LogP contribution in [0, 0.1) is 5.92 Å². The Balaban J connectivity index is 1.90. The number of rotatable bonds is 1. The molecule has 0 aromatic heterocycles. The fraction of sp³-hybridized carbons (Fsp3) is 0.889. The minimum absolute atomic E-state index is 0.382. The van der Waals surface area contributed by atoms with Crippen LogP contribution in [0.15, 0.2) is 0 Å². The Kier molecular flexibility index (Phi) is 2.78. The van der Waals surface area contributed by atoms with Crippen molar-refractivity contribution in [3.63, 3.8) is 0 Å². The number of nitrogens with zero attached hydrogens (tertiary/aromatic N) is 2. The molecule has 0 radical (unpaired) electrons. The quantitative estimate of drug-likeness (QED) is 0.537. The van der Waals surface area contributed by atoms with Crippen LogP contribution in [0.1, 0.15) is 19.8 Å². The van der Waals surface area contributed by atoms with Gasteiger partial charge in [0.2, 0.25) is 5.91 Å². The first-order valence-electron chi connectivity index (χ1n) is 4.89. The summed E-state index contributed by atoms with van der Waals surface area (Å²) in [4.78, 5) is 13.8. The zero-order valence-electron chi connectivity index (χ0n) is 7.87. The molecule has 74 valence electrons. The van der Waals surface area contributed by atoms with Gasteiger partial charge in [-0.3, -0.25) is 4.79 Å². The lowest BCUT2D eigenvalue weighted by Gasteiger charge is -2.36. The highest BCUT2D eigenvalue weighted by molar-refractivity contribution is 14.1. The minimum Gasteiger partial charge on any atom is -0.340 e. The highest BCUT2D eigenvalue weighted by Gasteiger charge is 2.35. The van der Waals surface area contributed by atoms with Crippen LogP contribution in [0.2, 0.25) is 0 Å². The molecular formula is C9H15IN2O. The summed E-state index contributed by atoms with van der Waals surface area (Å²) in [5.74, 6) is 0.782. The van der Waals surface area contributed by atoms with Gasteiger partial charge < -0.3 is 4.90 Å². The van der Waals surface area contributed by atoms with E-state index in [0.717, 1.165) is 32.5 Å². The van der Waals surface area contributed by atoms with Gasteiger partial charge >= 0.3 is 0 Å². The summed E-state index contributed by atoms with van der Waals surface area (Å²) in [5, 5.41) is 0. The number of hydrogen-bond acceptors (Lipinski definition) is 2. The lowest BCUT2D eigenvalue weighted by molar-refractivity contribution is -0.134. The van der Waals surface area contributed by atoms with E-state index in [9.17, 15) is 4.79 Å². The van der Waals surface area contributed by atoms with E-state index in [1.807, 2.05) is 4.90 Å². The predicted octanol–water partition coefficient (Wildman–Crippen LogP) is 1.28. The number of amides is 1. The van der Waals surface area contributed by atoms with Gasteiger partial charge in [0.25, 0.3) is 0 Å². The van der Waals surface area contributed by atoms with Crippen molar-refractivity contribution in [2.24, 2.45) is 5.92 Å². The van der Waals surface area contributed by atoms with Crippen molar-refractivity contribution in [1.82, 2.24) is 8.01 Å². The lowest BCUT2D eigenvalue weighted by Crippen LogP contribution is -2.50. The molecule has 0 aromatic rings. The fourth-order valence-electron chi connectivity index (χ4n) is 1.72. The van der Waals surface area contributed by atoms with Crippen molar-refractivity contribution in [2.45, 2.75) is 25.8 Å². The minimum atomic E-state index is 0.382. The van der Waals surface area contributed by atoms with Gasteiger partial charge in [-0.15, -0.1) is 0 Å². The van der Waals surface area contributed by atoms with Crippen molar-refractivity contribution >= 4 is 28.8 Å². The molecule has 1 saturated heterocycles. The topological polar surface area (TPSA) is 23.6 Å². The summed E-state index contributed by atoms with van der Waals surface area (Å²) in [6.45, 7) is 5.03. The molecule has 2 aliphatic rings. The molecule has 0 spiro atoms. The molecular weight excluding hydrogens is 279 g/mol. The molecule has 2 rings (SSSR count). The van der Waals surface area contributed by atoms with Crippen LogP contribution in [-0.2, 0) is 4.79 Å². The Morgan fingerprint density at radius 1 is 1.38 bits per heavy atom. The van der Waals surface area contributed by atoms with Gasteiger partial charge in [-0.05, 0) is 19.8 Å². The van der Waals surface area contributed by atoms with Crippen molar-refractivity contribution in [1.29, 1.82) is 0 Å². The largest absolute Gasteiger partial charge is 0.340 e. The van der Waals surface area contributed by atoms with Gasteiger partial charge in [0, 0.05) is 54.5 Å². The molecule has 1 aliphatic heterocycles. The maximum absolute atomic E-state index is 11.7. The third kappa shape index (κ3) is 2.15. The van der Waals surface area contributed by atoms with Gasteiger partial charge in [-0.1, -0.05) is 0 Å². The number of carbonyl (C=O) groups is 1. The summed E-state index contributed by atoms with van der Waals surface area (Å²) in [6, 6.07) is 0.511. The van der Waals surface area contributed by atoms with E-state index in [-0.39, 0.29) is 0 Å². The van der Waals surface area contributed by atoms with E-state index < -0.39 is 0 Å². The third-order valence-electron chi connectivity index (χ3n) is 2.78. The van der Waals surface area contributed by atoms with Crippen LogP contribution in [0.5, 0.6) is 0 Å². The molecule has 0 bridgehead atoms. The predicted molar refractivity (Wildman–Crippen MR) is 59.5 cm³/mol. The van der Waals surface area contributed by atoms with E-state index in [1.165, 1.54) is 0 Å². The summed E-state index contributed by atoms with van der Waals surface area (Å²) in [7, 11) is 0. The SMILES string of the molecule is CC1CN(C(=O)C2CC2)CCN1I. The second-order valence-electron chi connectivity index (χ2n) is 4.03. The van der Waals surface area contributed by atoms with Gasteiger partial charge in [-0.2, -0.15) is 0 Å². The Bertz CT molecular complexity index is 218. The standard InChI is InChI=1S/C9H15IN2O/c1-7-6-11(4-5-12(7)10)9(13)8-2-3-8/h7-8H,2-6H2,1H3. The molecule has 2 fully saturated rings. The summed E-state index contributed by atoms with van der Waals surface area (Å²) in [6.07, 6.45) is 2.25. The number of piperazine rings is 1. The molecule has 13 heavy (non-hydrogen) atoms. The van der Waals surface area contributed by atoms with Crippen LogP contribution < -0.4 is 0 Å². The summed E-state index contributed by atoms with van der Waals surface area (Å²) < 4.78 is 2.29. The van der Waals surface area contributed by atoms with Crippen LogP contribution >= 0.6 is 22.9 Å². The maximum Gasteiger partial charge on any atom is 0.225 e. The van der Waals surface area contributed by atoms with E-state index in [2.05, 4.69) is 32.9 Å². The monoisotopic (exact) mass is 294 g/mol. The number of carbonyl (C=O) groups excluding carboxylic acids is 1. The first-order chi connectivity index (χ1) is 6.18. The summed E-state index contributed by atoms with van der Waals surface area (Å²) >= 11 is 2.34. The second-order valence-corrected chi connectivity index (χ2v) is 5.27. The molecule has 4 heteroatoms. The van der Waals surface area contributed by atoms with Crippen molar-refractivity contribution in [2.75, 3.05) is 19.6 Å². The molecule has 0 aromatic carbocycles. The van der Waals surface area contributed by atoms with Crippen molar-refractivity contribution in [3.8, 4) is 0 Å². The van der Waals surface area contributed by atoms with Crippen molar-refractivity contribution in [3.05, 3.63) is 0 Å². The average molecular weight is 294 g/mol. The summed E-state index contributed by atoms with van der Waals surface area (Å²) in [5.41, 5.74) is 0. The number of hydrogen-bond donors (Lipinski definition) is 0. The van der Waals surface area contributed by atoms with Crippen LogP contribution in [0.3, 0.4) is 0 Å². The molecule has 0 N–H and O–H groups in total. The zero-order valence-corrected chi connectivity index (χ0v) is 10.0. The second kappa shape index (κ2) is 3.73. The average Bonchev–Trinajstić information content (AvgIpc) is 2.91. The molecule has 1 aliphatic carbocycles. The first-order valence-corrected chi connectivity index (χ1v) is 5.86. The molecule has 1 unspecified atom stereocenters. The molecule has 1 saturated carbocycles. The first kappa shape index (κ1) is 9.71. The van der Waals surface area contributed by atoms with Crippen LogP contribution in [0.25, 0.3) is 0 Å². The Morgan fingerprint density at radius 2 is 2.08 bits per heavy atom. The van der Waals surface area contributed by atoms with Crippen LogP contribution in [-0.4, -0.2) is 39.6 Å². The molecule has 1 amide bonds. The van der Waals surface area contributed by atoms with Gasteiger partial charge in [-0.25, -0.2) is 3.11 Å². The molecule has 3 nitrogen and oxygen atoms in total. The van der Waals surface area contributed by atoms with E-state index in [1.54, 1.807) is 0 Å². The molecule has 1 atom stereocenters. The lowest BCUT2D eigenvalue weighted by atomic mass is 10.2. The zero-order chi connectivity index (χ0) is 9.42. The fourth-order valence-corrected chi connectivity index (χ4v) is 2.12. The Hall–Kier alpha value is 0.160. The van der Waals surface area contributed by atoms with E-state index >= 15 is 0 Å². The Labute approximate surface area is 92.9 Å². The van der Waals surface area contributed by atoms with Crippen molar-refractivity contribution < 1.29 is 4.79 Å². The van der Waals surface area contributed by atoms with Crippen LogP contribution in [0.4, 0.5) is 0 Å². The highest BCUT2D eigenvalue weighted by Crippen LogP contribution is 2.31. The van der Waals surface area contributed by atoms with Gasteiger partial charge in [0.15, 0.2) is 0 Å². The Morgan fingerprint density at radius 3 is 2.62 bits per heavy atom. The van der Waals surface area contributed by atoms with Gasteiger partial charge in [0.05, 0.1) is 0 Å². The highest BCUT2D eigenvalue weighted by atomic mass is 127. The third-order valence-corrected chi connectivity index (χ3v) is 4.22. The number of halogens is 1. The maximum atomic E-state index is 11.7. The smallest absolute Gasteiger partial charge is 0.225 e. The van der Waals surface area contributed by atoms with E-state index in [4.69, 9.17) is 0 Å². The normalized spacial score (nSPS) is 30.6. The van der Waals surface area contributed by atoms with Gasteiger partial charge in [0.1, 0.15) is 0 Å². The van der Waals surface area contributed by atoms with E-state index in [0.29, 0.717) is 17.9 Å². The molecule has 1 heterocycles.